The molecule has 26 heavy (non-hydrogen) atoms. The summed E-state index contributed by atoms with van der Waals surface area (Å²) in [7, 11) is 0. The number of ether oxygens (including phenoxy) is 1. The average molecular weight is 365 g/mol. The van der Waals surface area contributed by atoms with Gasteiger partial charge >= 0.3 is 5.97 Å². The first kappa shape index (κ1) is 16.9. The highest BCUT2D eigenvalue weighted by Gasteiger charge is 2.25. The third-order valence-electron chi connectivity index (χ3n) is 4.80. The zero-order chi connectivity index (χ0) is 18.3. The van der Waals surface area contributed by atoms with Crippen LogP contribution < -0.4 is 0 Å². The van der Waals surface area contributed by atoms with Gasteiger partial charge in [0.25, 0.3) is 0 Å². The van der Waals surface area contributed by atoms with Gasteiger partial charge in [0, 0.05) is 26.4 Å². The number of hydrogen-bond donors (Lipinski definition) is 0. The summed E-state index contributed by atoms with van der Waals surface area (Å²) in [5, 5.41) is 0.799. The molecule has 0 atom stereocenters. The average Bonchev–Trinajstić information content (AvgIpc) is 3.22. The van der Waals surface area contributed by atoms with Crippen LogP contribution >= 0.6 is 11.3 Å². The van der Waals surface area contributed by atoms with Crippen molar-refractivity contribution in [1.82, 2.24) is 4.98 Å². The van der Waals surface area contributed by atoms with Gasteiger partial charge in [0.1, 0.15) is 0 Å². The highest BCUT2D eigenvalue weighted by Crippen LogP contribution is 2.30. The third kappa shape index (κ3) is 2.92. The summed E-state index contributed by atoms with van der Waals surface area (Å²) in [5.41, 5.74) is 3.98. The molecule has 0 saturated carbocycles. The molecule has 1 aliphatic rings. The number of rotatable bonds is 4. The highest BCUT2D eigenvalue weighted by molar-refractivity contribution is 7.12. The number of aryl methyl sites for hydroxylation is 3. The molecule has 1 aliphatic carbocycles. The van der Waals surface area contributed by atoms with Gasteiger partial charge in [-0.3, -0.25) is 9.78 Å². The van der Waals surface area contributed by atoms with E-state index in [9.17, 15) is 9.59 Å². The van der Waals surface area contributed by atoms with Crippen LogP contribution in [0.25, 0.3) is 10.9 Å². The number of ketones is 1. The van der Waals surface area contributed by atoms with Gasteiger partial charge in [0.2, 0.25) is 5.78 Å². The molecule has 4 rings (SSSR count). The molecule has 0 spiro atoms. The van der Waals surface area contributed by atoms with Crippen molar-refractivity contribution >= 4 is 34.0 Å². The lowest BCUT2D eigenvalue weighted by Crippen LogP contribution is -2.16. The molecule has 132 valence electrons. The minimum Gasteiger partial charge on any atom is -0.454 e. The quantitative estimate of drug-likeness (QED) is 0.507. The van der Waals surface area contributed by atoms with Gasteiger partial charge in [-0.15, -0.1) is 11.3 Å². The van der Waals surface area contributed by atoms with Crippen molar-refractivity contribution in [3.8, 4) is 0 Å². The second-order valence-electron chi connectivity index (χ2n) is 6.61. The summed E-state index contributed by atoms with van der Waals surface area (Å²) in [6.45, 7) is 3.64. The van der Waals surface area contributed by atoms with E-state index in [0.29, 0.717) is 11.1 Å². The van der Waals surface area contributed by atoms with Crippen molar-refractivity contribution < 1.29 is 14.3 Å². The molecular weight excluding hydrogens is 346 g/mol. The monoisotopic (exact) mass is 365 g/mol. The lowest BCUT2D eigenvalue weighted by Gasteiger charge is -2.12. The summed E-state index contributed by atoms with van der Waals surface area (Å²) in [6, 6.07) is 9.47. The number of hydrogen-bond acceptors (Lipinski definition) is 5. The summed E-state index contributed by atoms with van der Waals surface area (Å²) < 4.78 is 5.43. The van der Waals surface area contributed by atoms with Gasteiger partial charge in [-0.25, -0.2) is 4.79 Å². The van der Waals surface area contributed by atoms with Gasteiger partial charge < -0.3 is 4.74 Å². The predicted octanol–water partition coefficient (Wildman–Crippen LogP) is 4.44. The van der Waals surface area contributed by atoms with Gasteiger partial charge in [-0.2, -0.15) is 0 Å². The fourth-order valence-corrected chi connectivity index (χ4v) is 4.58. The minimum atomic E-state index is -0.431. The molecular formula is C21H19NO3S. The van der Waals surface area contributed by atoms with Gasteiger partial charge in [-0.05, 0) is 50.8 Å². The van der Waals surface area contributed by atoms with Crippen LogP contribution in [0, 0.1) is 13.8 Å². The van der Waals surface area contributed by atoms with Crippen LogP contribution in [-0.4, -0.2) is 23.3 Å². The van der Waals surface area contributed by atoms with E-state index in [4.69, 9.17) is 4.74 Å². The summed E-state index contributed by atoms with van der Waals surface area (Å²) in [6.07, 6.45) is 2.70. The lowest BCUT2D eigenvalue weighted by atomic mass is 10.0. The number of nitrogens with zero attached hydrogens (tertiary/aromatic N) is 1. The van der Waals surface area contributed by atoms with Crippen LogP contribution in [0.1, 0.15) is 48.1 Å². The predicted molar refractivity (Wildman–Crippen MR) is 102 cm³/mol. The maximum Gasteiger partial charge on any atom is 0.339 e. The Labute approximate surface area is 155 Å². The topological polar surface area (TPSA) is 56.3 Å². The number of fused-ring (bicyclic) bond motifs is 2. The zero-order valence-corrected chi connectivity index (χ0v) is 15.6. The number of thiophene rings is 1. The SMILES string of the molecule is Cc1cc(C(=O)COC(=O)c2c3c(nc4ccccc24)CCC3)c(C)s1. The molecule has 2 aromatic heterocycles. The Kier molecular flexibility index (Phi) is 4.32. The second kappa shape index (κ2) is 6.65. The summed E-state index contributed by atoms with van der Waals surface area (Å²) in [4.78, 5) is 32.0. The molecule has 0 bridgehead atoms. The smallest absolute Gasteiger partial charge is 0.339 e. The Bertz CT molecular complexity index is 1040. The van der Waals surface area contributed by atoms with E-state index in [1.54, 1.807) is 11.3 Å². The van der Waals surface area contributed by atoms with Crippen LogP contribution in [0.15, 0.2) is 30.3 Å². The van der Waals surface area contributed by atoms with Crippen LogP contribution in [0.3, 0.4) is 0 Å². The Morgan fingerprint density at radius 3 is 2.77 bits per heavy atom. The molecule has 0 saturated heterocycles. The number of pyridine rings is 1. The Morgan fingerprint density at radius 1 is 1.19 bits per heavy atom. The Balaban J connectivity index is 1.63. The van der Waals surface area contributed by atoms with Crippen molar-refractivity contribution in [2.45, 2.75) is 33.1 Å². The number of benzene rings is 1. The molecule has 0 amide bonds. The number of aromatic nitrogens is 1. The van der Waals surface area contributed by atoms with Crippen molar-refractivity contribution in [2.75, 3.05) is 6.61 Å². The summed E-state index contributed by atoms with van der Waals surface area (Å²) in [5.74, 6) is -0.588. The maximum atomic E-state index is 12.8. The van der Waals surface area contributed by atoms with Crippen molar-refractivity contribution in [2.24, 2.45) is 0 Å². The third-order valence-corrected chi connectivity index (χ3v) is 5.77. The van der Waals surface area contributed by atoms with Gasteiger partial charge in [0.05, 0.1) is 11.1 Å². The number of carbonyl (C=O) groups excluding carboxylic acids is 2. The molecule has 0 N–H and O–H groups in total. The van der Waals surface area contributed by atoms with Crippen molar-refractivity contribution in [1.29, 1.82) is 0 Å². The molecule has 0 radical (unpaired) electrons. The van der Waals surface area contributed by atoms with E-state index in [0.717, 1.165) is 51.2 Å². The van der Waals surface area contributed by atoms with Gasteiger partial charge in [-0.1, -0.05) is 18.2 Å². The van der Waals surface area contributed by atoms with Crippen molar-refractivity contribution in [3.63, 3.8) is 0 Å². The van der Waals surface area contributed by atoms with Crippen LogP contribution in [0.5, 0.6) is 0 Å². The van der Waals surface area contributed by atoms with E-state index >= 15 is 0 Å². The fraction of sp³-hybridized carbons (Fsp3) is 0.286. The van der Waals surface area contributed by atoms with Crippen LogP contribution in [0.4, 0.5) is 0 Å². The number of esters is 1. The first-order chi connectivity index (χ1) is 12.5. The minimum absolute atomic E-state index is 0.157. The molecule has 3 aromatic rings. The molecule has 0 fully saturated rings. The first-order valence-corrected chi connectivity index (χ1v) is 9.54. The Hall–Kier alpha value is -2.53. The molecule has 0 unspecified atom stereocenters. The van der Waals surface area contributed by atoms with Crippen molar-refractivity contribution in [3.05, 3.63) is 62.5 Å². The van der Waals surface area contributed by atoms with E-state index in [1.165, 1.54) is 0 Å². The van der Waals surface area contributed by atoms with Crippen LogP contribution in [0.2, 0.25) is 0 Å². The zero-order valence-electron chi connectivity index (χ0n) is 14.8. The normalized spacial score (nSPS) is 13.0. The number of carbonyl (C=O) groups is 2. The molecule has 5 heteroatoms. The first-order valence-electron chi connectivity index (χ1n) is 8.72. The second-order valence-corrected chi connectivity index (χ2v) is 8.07. The molecule has 2 heterocycles. The standard InChI is InChI=1S/C21H19NO3S/c1-12-10-16(13(2)26-12)19(23)11-25-21(24)20-14-6-3-4-8-17(14)22-18-9-5-7-15(18)20/h3-4,6,8,10H,5,7,9,11H2,1-2H3. The molecule has 1 aromatic carbocycles. The maximum absolute atomic E-state index is 12.8. The fourth-order valence-electron chi connectivity index (χ4n) is 3.63. The highest BCUT2D eigenvalue weighted by atomic mass is 32.1. The lowest BCUT2D eigenvalue weighted by molar-refractivity contribution is 0.0475. The van der Waals surface area contributed by atoms with E-state index in [-0.39, 0.29) is 12.4 Å². The number of para-hydroxylation sites is 1. The van der Waals surface area contributed by atoms with E-state index < -0.39 is 5.97 Å². The van der Waals surface area contributed by atoms with Crippen LogP contribution in [-0.2, 0) is 17.6 Å². The largest absolute Gasteiger partial charge is 0.454 e. The number of Topliss-reactive ketones (excluding diaryl/α,β-unsaturated/α-hetero) is 1. The van der Waals surface area contributed by atoms with E-state index in [1.807, 2.05) is 44.2 Å². The molecule has 0 aliphatic heterocycles. The molecule has 4 nitrogen and oxygen atoms in total. The Morgan fingerprint density at radius 2 is 2.00 bits per heavy atom. The van der Waals surface area contributed by atoms with Gasteiger partial charge in [0.15, 0.2) is 6.61 Å². The summed E-state index contributed by atoms with van der Waals surface area (Å²) >= 11 is 1.58. The van der Waals surface area contributed by atoms with E-state index in [2.05, 4.69) is 4.98 Å².